The van der Waals surface area contributed by atoms with Crippen molar-refractivity contribution in [3.63, 3.8) is 0 Å². The van der Waals surface area contributed by atoms with E-state index in [9.17, 15) is 0 Å². The molecule has 0 bridgehead atoms. The molecule has 0 aliphatic rings. The predicted octanol–water partition coefficient (Wildman–Crippen LogP) is 3.95. The second-order valence-electron chi connectivity index (χ2n) is 6.84. The maximum Gasteiger partial charge on any atom is 0.0652 e. The Kier molecular flexibility index (Phi) is 5.07. The van der Waals surface area contributed by atoms with Gasteiger partial charge in [0, 0.05) is 30.3 Å². The number of fused-ring (bicyclic) bond motifs is 1. The van der Waals surface area contributed by atoms with Crippen molar-refractivity contribution < 1.29 is 4.74 Å². The lowest BCUT2D eigenvalue weighted by atomic mass is 10.2. The van der Waals surface area contributed by atoms with Crippen LogP contribution in [0.5, 0.6) is 0 Å². The van der Waals surface area contributed by atoms with Crippen molar-refractivity contribution >= 4 is 10.9 Å². The Hall–Kier alpha value is -1.32. The zero-order valence-electron chi connectivity index (χ0n) is 13.9. The number of hydrogen-bond acceptors (Lipinski definition) is 2. The number of benzene rings is 1. The topological polar surface area (TPSA) is 26.2 Å². The first-order chi connectivity index (χ1) is 9.87. The summed E-state index contributed by atoms with van der Waals surface area (Å²) in [4.78, 5) is 0. The molecule has 116 valence electrons. The third-order valence-electron chi connectivity index (χ3n) is 3.44. The zero-order valence-corrected chi connectivity index (χ0v) is 13.9. The third-order valence-corrected chi connectivity index (χ3v) is 3.44. The molecule has 21 heavy (non-hydrogen) atoms. The van der Waals surface area contributed by atoms with Crippen molar-refractivity contribution in [3.8, 4) is 0 Å². The third kappa shape index (κ3) is 4.58. The van der Waals surface area contributed by atoms with Gasteiger partial charge in [0.05, 0.1) is 12.2 Å². The van der Waals surface area contributed by atoms with Crippen molar-refractivity contribution in [2.24, 2.45) is 0 Å². The monoisotopic (exact) mass is 288 g/mol. The lowest BCUT2D eigenvalue weighted by Crippen LogP contribution is -2.25. The van der Waals surface area contributed by atoms with E-state index in [-0.39, 0.29) is 5.60 Å². The van der Waals surface area contributed by atoms with E-state index >= 15 is 0 Å². The van der Waals surface area contributed by atoms with Crippen LogP contribution in [0.3, 0.4) is 0 Å². The fourth-order valence-electron chi connectivity index (χ4n) is 2.43. The van der Waals surface area contributed by atoms with Gasteiger partial charge in [-0.15, -0.1) is 0 Å². The smallest absolute Gasteiger partial charge is 0.0652 e. The fourth-order valence-corrected chi connectivity index (χ4v) is 2.43. The van der Waals surface area contributed by atoms with E-state index in [1.54, 1.807) is 0 Å². The molecule has 3 nitrogen and oxygen atoms in total. The Morgan fingerprint density at radius 2 is 1.90 bits per heavy atom. The first kappa shape index (κ1) is 16.1. The van der Waals surface area contributed by atoms with Crippen molar-refractivity contribution in [3.05, 3.63) is 36.0 Å². The molecule has 0 saturated carbocycles. The van der Waals surface area contributed by atoms with Gasteiger partial charge in [0.15, 0.2) is 0 Å². The summed E-state index contributed by atoms with van der Waals surface area (Å²) in [6, 6.07) is 11.3. The maximum absolute atomic E-state index is 5.89. The lowest BCUT2D eigenvalue weighted by molar-refractivity contribution is -0.00667. The predicted molar refractivity (Wildman–Crippen MR) is 89.6 cm³/mol. The van der Waals surface area contributed by atoms with Crippen LogP contribution >= 0.6 is 0 Å². The van der Waals surface area contributed by atoms with Crippen molar-refractivity contribution in [2.75, 3.05) is 6.61 Å². The molecule has 1 N–H and O–H groups in total. The highest BCUT2D eigenvalue weighted by atomic mass is 16.5. The van der Waals surface area contributed by atoms with Crippen LogP contribution in [0, 0.1) is 0 Å². The van der Waals surface area contributed by atoms with Crippen LogP contribution in [0.4, 0.5) is 0 Å². The second kappa shape index (κ2) is 6.63. The average Bonchev–Trinajstić information content (AvgIpc) is 2.73. The van der Waals surface area contributed by atoms with Crippen LogP contribution in [0.2, 0.25) is 0 Å². The van der Waals surface area contributed by atoms with E-state index in [0.29, 0.717) is 6.04 Å². The van der Waals surface area contributed by atoms with Crippen LogP contribution in [0.25, 0.3) is 10.9 Å². The fraction of sp³-hybridized carbons (Fsp3) is 0.556. The van der Waals surface area contributed by atoms with Gasteiger partial charge in [-0.1, -0.05) is 32.0 Å². The van der Waals surface area contributed by atoms with Gasteiger partial charge in [-0.2, -0.15) is 0 Å². The summed E-state index contributed by atoms with van der Waals surface area (Å²) in [7, 11) is 0. The molecule has 0 fully saturated rings. The summed E-state index contributed by atoms with van der Waals surface area (Å²) in [5.41, 5.74) is 2.53. The molecule has 2 aromatic rings. The summed E-state index contributed by atoms with van der Waals surface area (Å²) in [5.74, 6) is 0. The van der Waals surface area contributed by atoms with Crippen LogP contribution in [-0.2, 0) is 17.8 Å². The van der Waals surface area contributed by atoms with Crippen LogP contribution in [-0.4, -0.2) is 22.8 Å². The SMILES string of the molecule is CC(C)NCc1cc2ccccc2n1CCOC(C)(C)C. The maximum atomic E-state index is 5.89. The minimum Gasteiger partial charge on any atom is -0.374 e. The van der Waals surface area contributed by atoms with E-state index in [1.807, 2.05) is 0 Å². The number of nitrogens with one attached hydrogen (secondary N) is 1. The minimum atomic E-state index is -0.0840. The Bertz CT molecular complexity index is 578. The van der Waals surface area contributed by atoms with E-state index in [4.69, 9.17) is 4.74 Å². The van der Waals surface area contributed by atoms with Crippen molar-refractivity contribution in [1.29, 1.82) is 0 Å². The first-order valence-electron chi connectivity index (χ1n) is 7.81. The number of aromatic nitrogens is 1. The lowest BCUT2D eigenvalue weighted by Gasteiger charge is -2.21. The van der Waals surface area contributed by atoms with Gasteiger partial charge in [-0.05, 0) is 38.3 Å². The summed E-state index contributed by atoms with van der Waals surface area (Å²) >= 11 is 0. The first-order valence-corrected chi connectivity index (χ1v) is 7.81. The Balaban J connectivity index is 2.19. The quantitative estimate of drug-likeness (QED) is 0.871. The molecule has 0 aliphatic carbocycles. The van der Waals surface area contributed by atoms with Gasteiger partial charge in [0.25, 0.3) is 0 Å². The van der Waals surface area contributed by atoms with Gasteiger partial charge >= 0.3 is 0 Å². The number of ether oxygens (including phenoxy) is 1. The normalized spacial score (nSPS) is 12.5. The molecular formula is C18H28N2O. The molecule has 3 heteroatoms. The molecule has 2 rings (SSSR count). The van der Waals surface area contributed by atoms with Gasteiger partial charge in [0.1, 0.15) is 0 Å². The molecule has 0 radical (unpaired) electrons. The zero-order chi connectivity index (χ0) is 15.5. The second-order valence-corrected chi connectivity index (χ2v) is 6.84. The Morgan fingerprint density at radius 3 is 2.57 bits per heavy atom. The van der Waals surface area contributed by atoms with Gasteiger partial charge < -0.3 is 14.6 Å². The largest absolute Gasteiger partial charge is 0.374 e. The molecule has 0 unspecified atom stereocenters. The minimum absolute atomic E-state index is 0.0840. The number of para-hydroxylation sites is 1. The molecule has 0 amide bonds. The molecule has 0 saturated heterocycles. The molecule has 0 aliphatic heterocycles. The molecule has 0 spiro atoms. The number of nitrogens with zero attached hydrogens (tertiary/aromatic N) is 1. The summed E-state index contributed by atoms with van der Waals surface area (Å²) in [6.45, 7) is 13.2. The highest BCUT2D eigenvalue weighted by molar-refractivity contribution is 5.81. The van der Waals surface area contributed by atoms with Gasteiger partial charge in [0.2, 0.25) is 0 Å². The van der Waals surface area contributed by atoms with Crippen LogP contribution < -0.4 is 5.32 Å². The van der Waals surface area contributed by atoms with E-state index in [1.165, 1.54) is 16.6 Å². The molecule has 1 aromatic heterocycles. The standard InChI is InChI=1S/C18H28N2O/c1-14(2)19-13-16-12-15-8-6-7-9-17(15)20(16)10-11-21-18(3,4)5/h6-9,12,14,19H,10-11,13H2,1-5H3. The van der Waals surface area contributed by atoms with Crippen molar-refractivity contribution in [2.45, 2.75) is 59.4 Å². The Labute approximate surface area is 128 Å². The highest BCUT2D eigenvalue weighted by Gasteiger charge is 2.12. The van der Waals surface area contributed by atoms with E-state index in [2.05, 4.69) is 74.8 Å². The van der Waals surface area contributed by atoms with Crippen LogP contribution in [0.1, 0.15) is 40.3 Å². The highest BCUT2D eigenvalue weighted by Crippen LogP contribution is 2.20. The summed E-state index contributed by atoms with van der Waals surface area (Å²) in [5, 5.41) is 4.81. The van der Waals surface area contributed by atoms with Crippen molar-refractivity contribution in [1.82, 2.24) is 9.88 Å². The van der Waals surface area contributed by atoms with Gasteiger partial charge in [-0.25, -0.2) is 0 Å². The molecule has 0 atom stereocenters. The molecule has 1 aromatic carbocycles. The molecule has 1 heterocycles. The van der Waals surface area contributed by atoms with E-state index in [0.717, 1.165) is 19.7 Å². The summed E-state index contributed by atoms with van der Waals surface area (Å²) in [6.07, 6.45) is 0. The number of hydrogen-bond donors (Lipinski definition) is 1. The van der Waals surface area contributed by atoms with Gasteiger partial charge in [-0.3, -0.25) is 0 Å². The Morgan fingerprint density at radius 1 is 1.19 bits per heavy atom. The number of rotatable bonds is 6. The van der Waals surface area contributed by atoms with E-state index < -0.39 is 0 Å². The average molecular weight is 288 g/mol. The molecular weight excluding hydrogens is 260 g/mol. The summed E-state index contributed by atoms with van der Waals surface area (Å²) < 4.78 is 8.26. The van der Waals surface area contributed by atoms with Crippen LogP contribution in [0.15, 0.2) is 30.3 Å².